The summed E-state index contributed by atoms with van der Waals surface area (Å²) in [6.07, 6.45) is 1.01. The van der Waals surface area contributed by atoms with E-state index < -0.39 is 11.7 Å². The third kappa shape index (κ3) is 4.07. The first-order valence-electron chi connectivity index (χ1n) is 9.72. The Hall–Kier alpha value is -2.73. The van der Waals surface area contributed by atoms with Crippen molar-refractivity contribution in [2.24, 2.45) is 11.8 Å². The number of halogens is 1. The first-order valence-corrected chi connectivity index (χ1v) is 9.72. The zero-order valence-electron chi connectivity index (χ0n) is 15.6. The van der Waals surface area contributed by atoms with Crippen molar-refractivity contribution in [3.63, 3.8) is 0 Å². The number of anilines is 1. The van der Waals surface area contributed by atoms with E-state index in [1.54, 1.807) is 0 Å². The summed E-state index contributed by atoms with van der Waals surface area (Å²) < 4.78 is 13.7. The number of fused-ring (bicyclic) bond motifs is 1. The fourth-order valence-electron chi connectivity index (χ4n) is 4.20. The van der Waals surface area contributed by atoms with Gasteiger partial charge in [-0.05, 0) is 60.7 Å². The van der Waals surface area contributed by atoms with Gasteiger partial charge in [-0.3, -0.25) is 9.59 Å². The fraction of sp³-hybridized carbons (Fsp3) is 0.364. The molecule has 1 saturated heterocycles. The highest BCUT2D eigenvalue weighted by atomic mass is 19.1. The van der Waals surface area contributed by atoms with Crippen LogP contribution in [0.4, 0.5) is 10.1 Å². The van der Waals surface area contributed by atoms with E-state index in [-0.39, 0.29) is 18.2 Å². The molecule has 0 aliphatic carbocycles. The number of nitrogens with one attached hydrogen (secondary N) is 3. The van der Waals surface area contributed by atoms with Gasteiger partial charge in [0.1, 0.15) is 5.82 Å². The molecule has 2 aromatic carbocycles. The van der Waals surface area contributed by atoms with Gasteiger partial charge < -0.3 is 16.0 Å². The Morgan fingerprint density at radius 3 is 2.71 bits per heavy atom. The Labute approximate surface area is 163 Å². The highest BCUT2D eigenvalue weighted by molar-refractivity contribution is 6.01. The standard InChI is InChI=1S/C22H24FN3O2/c23-17-6-7-20-18(9-17)19(10-21(27)26-20)22(28)25-13-16-12-24-11-15(16)8-14-4-2-1-3-5-14/h1-7,9,15-16,19,24H,8,10-13H2,(H,25,28)(H,26,27)/t15-,16+,19?/m1/s1. The molecule has 2 amide bonds. The normalized spacial score (nSPS) is 23.8. The lowest BCUT2D eigenvalue weighted by atomic mass is 9.88. The second kappa shape index (κ2) is 8.10. The van der Waals surface area contributed by atoms with Crippen LogP contribution in [0.25, 0.3) is 0 Å². The molecule has 4 rings (SSSR count). The molecule has 146 valence electrons. The van der Waals surface area contributed by atoms with Crippen LogP contribution in [0.3, 0.4) is 0 Å². The van der Waals surface area contributed by atoms with Crippen LogP contribution in [0.15, 0.2) is 48.5 Å². The third-order valence-electron chi connectivity index (χ3n) is 5.73. The van der Waals surface area contributed by atoms with E-state index in [9.17, 15) is 14.0 Å². The van der Waals surface area contributed by atoms with E-state index in [0.29, 0.717) is 29.6 Å². The number of carbonyl (C=O) groups is 2. The van der Waals surface area contributed by atoms with Crippen LogP contribution in [0.1, 0.15) is 23.5 Å². The van der Waals surface area contributed by atoms with Crippen LogP contribution in [0, 0.1) is 17.7 Å². The second-order valence-electron chi connectivity index (χ2n) is 7.65. The molecule has 0 spiro atoms. The number of hydrogen-bond donors (Lipinski definition) is 3. The predicted octanol–water partition coefficient (Wildman–Crippen LogP) is 2.45. The smallest absolute Gasteiger partial charge is 0.228 e. The average molecular weight is 381 g/mol. The molecule has 3 N–H and O–H groups in total. The maximum Gasteiger partial charge on any atom is 0.228 e. The van der Waals surface area contributed by atoms with Gasteiger partial charge in [-0.15, -0.1) is 0 Å². The highest BCUT2D eigenvalue weighted by Crippen LogP contribution is 2.33. The summed E-state index contributed by atoms with van der Waals surface area (Å²) in [5, 5.41) is 9.13. The SMILES string of the molecule is O=C1CC(C(=O)NC[C@@H]2CNC[C@H]2Cc2ccccc2)c2cc(F)ccc2N1. The molecule has 5 nitrogen and oxygen atoms in total. The van der Waals surface area contributed by atoms with E-state index >= 15 is 0 Å². The van der Waals surface area contributed by atoms with Gasteiger partial charge in [0.2, 0.25) is 11.8 Å². The molecule has 0 saturated carbocycles. The Morgan fingerprint density at radius 1 is 1.11 bits per heavy atom. The summed E-state index contributed by atoms with van der Waals surface area (Å²) >= 11 is 0. The summed E-state index contributed by atoms with van der Waals surface area (Å²) in [5.41, 5.74) is 2.35. The van der Waals surface area contributed by atoms with Gasteiger partial charge in [0.05, 0.1) is 5.92 Å². The first kappa shape index (κ1) is 18.6. The number of benzene rings is 2. The van der Waals surface area contributed by atoms with Crippen molar-refractivity contribution in [2.75, 3.05) is 25.0 Å². The maximum atomic E-state index is 13.7. The number of carbonyl (C=O) groups excluding carboxylic acids is 2. The molecule has 3 atom stereocenters. The first-order chi connectivity index (χ1) is 13.6. The van der Waals surface area contributed by atoms with Gasteiger partial charge in [-0.25, -0.2) is 4.39 Å². The van der Waals surface area contributed by atoms with Crippen molar-refractivity contribution in [1.82, 2.24) is 10.6 Å². The van der Waals surface area contributed by atoms with Crippen LogP contribution in [-0.2, 0) is 16.0 Å². The molecule has 1 unspecified atom stereocenters. The molecule has 1 fully saturated rings. The Morgan fingerprint density at radius 2 is 1.89 bits per heavy atom. The monoisotopic (exact) mass is 381 g/mol. The van der Waals surface area contributed by atoms with E-state index in [2.05, 4.69) is 28.1 Å². The van der Waals surface area contributed by atoms with Gasteiger partial charge >= 0.3 is 0 Å². The van der Waals surface area contributed by atoms with E-state index in [1.165, 1.54) is 23.8 Å². The third-order valence-corrected chi connectivity index (χ3v) is 5.73. The quantitative estimate of drug-likeness (QED) is 0.745. The van der Waals surface area contributed by atoms with Gasteiger partial charge in [-0.2, -0.15) is 0 Å². The molecule has 28 heavy (non-hydrogen) atoms. The average Bonchev–Trinajstić information content (AvgIpc) is 3.13. The summed E-state index contributed by atoms with van der Waals surface area (Å²) in [6.45, 7) is 2.33. The van der Waals surface area contributed by atoms with Crippen LogP contribution in [0.5, 0.6) is 0 Å². The number of hydrogen-bond acceptors (Lipinski definition) is 3. The second-order valence-corrected chi connectivity index (χ2v) is 7.65. The molecule has 2 heterocycles. The summed E-state index contributed by atoms with van der Waals surface area (Å²) in [5.74, 6) is -0.719. The minimum absolute atomic E-state index is 0.0403. The van der Waals surface area contributed by atoms with Crippen LogP contribution in [0.2, 0.25) is 0 Å². The van der Waals surface area contributed by atoms with E-state index in [0.717, 1.165) is 19.5 Å². The minimum atomic E-state index is -0.651. The number of rotatable bonds is 5. The summed E-state index contributed by atoms with van der Waals surface area (Å²) in [4.78, 5) is 24.8. The van der Waals surface area contributed by atoms with Gasteiger partial charge in [-0.1, -0.05) is 30.3 Å². The van der Waals surface area contributed by atoms with Gasteiger partial charge in [0, 0.05) is 18.7 Å². The highest BCUT2D eigenvalue weighted by Gasteiger charge is 2.33. The van der Waals surface area contributed by atoms with Gasteiger partial charge in [0.25, 0.3) is 0 Å². The molecule has 2 aliphatic heterocycles. The maximum absolute atomic E-state index is 13.7. The predicted molar refractivity (Wildman–Crippen MR) is 105 cm³/mol. The Bertz CT molecular complexity index is 871. The largest absolute Gasteiger partial charge is 0.355 e. The van der Waals surface area contributed by atoms with Gasteiger partial charge in [0.15, 0.2) is 0 Å². The fourth-order valence-corrected chi connectivity index (χ4v) is 4.20. The van der Waals surface area contributed by atoms with Crippen molar-refractivity contribution in [1.29, 1.82) is 0 Å². The van der Waals surface area contributed by atoms with E-state index in [4.69, 9.17) is 0 Å². The molecule has 0 bridgehead atoms. The lowest BCUT2D eigenvalue weighted by Crippen LogP contribution is -2.39. The summed E-state index contributed by atoms with van der Waals surface area (Å²) in [7, 11) is 0. The molecule has 0 radical (unpaired) electrons. The molecule has 0 aromatic heterocycles. The zero-order valence-corrected chi connectivity index (χ0v) is 15.6. The lowest BCUT2D eigenvalue weighted by molar-refractivity contribution is -0.126. The zero-order chi connectivity index (χ0) is 19.5. The van der Waals surface area contributed by atoms with Crippen LogP contribution in [-0.4, -0.2) is 31.4 Å². The van der Waals surface area contributed by atoms with Crippen LogP contribution >= 0.6 is 0 Å². The molecule has 6 heteroatoms. The summed E-state index contributed by atoms with van der Waals surface area (Å²) in [6, 6.07) is 14.5. The van der Waals surface area contributed by atoms with E-state index in [1.807, 2.05) is 18.2 Å². The van der Waals surface area contributed by atoms with Crippen molar-refractivity contribution in [3.05, 3.63) is 65.5 Å². The topological polar surface area (TPSA) is 70.2 Å². The molecule has 2 aromatic rings. The van der Waals surface area contributed by atoms with Crippen molar-refractivity contribution in [3.8, 4) is 0 Å². The van der Waals surface area contributed by atoms with Crippen molar-refractivity contribution >= 4 is 17.5 Å². The molecular weight excluding hydrogens is 357 g/mol. The van der Waals surface area contributed by atoms with Crippen molar-refractivity contribution < 1.29 is 14.0 Å². The Balaban J connectivity index is 1.40. The number of amides is 2. The molecular formula is C22H24FN3O2. The molecule has 2 aliphatic rings. The minimum Gasteiger partial charge on any atom is -0.355 e. The van der Waals surface area contributed by atoms with Crippen molar-refractivity contribution in [2.45, 2.75) is 18.8 Å². The van der Waals surface area contributed by atoms with Crippen LogP contribution < -0.4 is 16.0 Å². The lowest BCUT2D eigenvalue weighted by Gasteiger charge is -2.26. The Kier molecular flexibility index (Phi) is 5.39.